The summed E-state index contributed by atoms with van der Waals surface area (Å²) in [4.78, 5) is 0. The van der Waals surface area contributed by atoms with E-state index < -0.39 is 9.04 Å². The minimum Gasteiger partial charge on any atom is -0.410 e. The predicted octanol–water partition coefficient (Wildman–Crippen LogP) is 4.95. The van der Waals surface area contributed by atoms with Gasteiger partial charge in [0.2, 0.25) is 9.04 Å². The SMILES string of the molecule is CCCC/C=C/C(C)O[Si](C(C)C)C(C)C. The van der Waals surface area contributed by atoms with E-state index in [0.717, 1.165) is 0 Å². The smallest absolute Gasteiger partial charge is 0.217 e. The molecule has 0 aromatic carbocycles. The van der Waals surface area contributed by atoms with Gasteiger partial charge in [0.15, 0.2) is 0 Å². The fraction of sp³-hybridized carbons (Fsp3) is 0.857. The zero-order valence-corrected chi connectivity index (χ0v) is 12.9. The molecule has 0 heterocycles. The monoisotopic (exact) mass is 241 g/mol. The minimum atomic E-state index is -0.671. The molecule has 0 aliphatic heterocycles. The van der Waals surface area contributed by atoms with E-state index in [1.165, 1.54) is 19.3 Å². The molecule has 0 fully saturated rings. The Morgan fingerprint density at radius 3 is 2.06 bits per heavy atom. The lowest BCUT2D eigenvalue weighted by atomic mass is 10.2. The van der Waals surface area contributed by atoms with Crippen molar-refractivity contribution < 1.29 is 4.43 Å². The Balaban J connectivity index is 3.99. The first-order chi connectivity index (χ1) is 7.49. The van der Waals surface area contributed by atoms with Crippen molar-refractivity contribution in [3.05, 3.63) is 12.2 Å². The molecular formula is C14H29OSi. The molecule has 1 nitrogen and oxygen atoms in total. The summed E-state index contributed by atoms with van der Waals surface area (Å²) >= 11 is 0. The summed E-state index contributed by atoms with van der Waals surface area (Å²) in [6.07, 6.45) is 8.53. The number of hydrogen-bond donors (Lipinski definition) is 0. The molecule has 0 N–H and O–H groups in total. The maximum atomic E-state index is 6.17. The largest absolute Gasteiger partial charge is 0.410 e. The van der Waals surface area contributed by atoms with Crippen LogP contribution >= 0.6 is 0 Å². The molecule has 16 heavy (non-hydrogen) atoms. The standard InChI is InChI=1S/C14H29OSi/c1-7-8-9-10-11-14(6)15-16(12(2)3)13(4)5/h10-14H,7-9H2,1-6H3/b11-10+. The molecule has 1 radical (unpaired) electrons. The van der Waals surface area contributed by atoms with Gasteiger partial charge in [-0.05, 0) is 24.4 Å². The van der Waals surface area contributed by atoms with E-state index in [1.807, 2.05) is 0 Å². The molecule has 1 atom stereocenters. The summed E-state index contributed by atoms with van der Waals surface area (Å²) in [7, 11) is -0.671. The normalized spacial score (nSPS) is 14.6. The second-order valence-corrected chi connectivity index (χ2v) is 8.45. The van der Waals surface area contributed by atoms with Gasteiger partial charge in [-0.1, -0.05) is 59.6 Å². The second kappa shape index (κ2) is 9.00. The molecule has 0 bridgehead atoms. The van der Waals surface area contributed by atoms with E-state index in [9.17, 15) is 0 Å². The van der Waals surface area contributed by atoms with Crippen molar-refractivity contribution in [3.8, 4) is 0 Å². The van der Waals surface area contributed by atoms with Crippen LogP contribution in [0.4, 0.5) is 0 Å². The lowest BCUT2D eigenvalue weighted by Gasteiger charge is -2.25. The van der Waals surface area contributed by atoms with E-state index in [1.54, 1.807) is 0 Å². The maximum absolute atomic E-state index is 6.17. The maximum Gasteiger partial charge on any atom is 0.217 e. The molecule has 0 aliphatic carbocycles. The average molecular weight is 241 g/mol. The number of allylic oxidation sites excluding steroid dienone is 1. The molecule has 0 saturated heterocycles. The highest BCUT2D eigenvalue weighted by Gasteiger charge is 2.23. The van der Waals surface area contributed by atoms with Gasteiger partial charge >= 0.3 is 0 Å². The quantitative estimate of drug-likeness (QED) is 0.332. The molecule has 0 aromatic rings. The van der Waals surface area contributed by atoms with E-state index in [0.29, 0.717) is 11.1 Å². The molecule has 0 aromatic heterocycles. The molecule has 0 amide bonds. The van der Waals surface area contributed by atoms with Crippen LogP contribution in [0.25, 0.3) is 0 Å². The summed E-state index contributed by atoms with van der Waals surface area (Å²) < 4.78 is 6.17. The highest BCUT2D eigenvalue weighted by atomic mass is 28.3. The Labute approximate surface area is 104 Å². The van der Waals surface area contributed by atoms with Gasteiger partial charge in [-0.3, -0.25) is 0 Å². The molecule has 0 rings (SSSR count). The fourth-order valence-electron chi connectivity index (χ4n) is 1.80. The second-order valence-electron chi connectivity index (χ2n) is 5.11. The van der Waals surface area contributed by atoms with Crippen molar-refractivity contribution in [2.24, 2.45) is 0 Å². The predicted molar refractivity (Wildman–Crippen MR) is 75.2 cm³/mol. The van der Waals surface area contributed by atoms with Gasteiger partial charge in [0.05, 0.1) is 6.10 Å². The third-order valence-corrected chi connectivity index (χ3v) is 5.51. The lowest BCUT2D eigenvalue weighted by molar-refractivity contribution is 0.260. The van der Waals surface area contributed by atoms with Gasteiger partial charge in [-0.2, -0.15) is 0 Å². The van der Waals surface area contributed by atoms with Crippen LogP contribution in [0, 0.1) is 0 Å². The molecule has 2 heteroatoms. The zero-order valence-electron chi connectivity index (χ0n) is 11.9. The molecule has 1 unspecified atom stereocenters. The van der Waals surface area contributed by atoms with E-state index >= 15 is 0 Å². The number of unbranched alkanes of at least 4 members (excludes halogenated alkanes) is 2. The van der Waals surface area contributed by atoms with Gasteiger partial charge in [0.1, 0.15) is 0 Å². The molecule has 95 valence electrons. The Bertz CT molecular complexity index is 179. The first kappa shape index (κ1) is 15.9. The van der Waals surface area contributed by atoms with Crippen molar-refractivity contribution >= 4 is 9.04 Å². The first-order valence-electron chi connectivity index (χ1n) is 6.69. The van der Waals surface area contributed by atoms with Gasteiger partial charge in [-0.25, -0.2) is 0 Å². The van der Waals surface area contributed by atoms with Gasteiger partial charge in [0.25, 0.3) is 0 Å². The van der Waals surface area contributed by atoms with Crippen LogP contribution < -0.4 is 0 Å². The Hall–Kier alpha value is -0.0831. The van der Waals surface area contributed by atoms with Gasteiger partial charge < -0.3 is 4.43 Å². The van der Waals surface area contributed by atoms with Gasteiger partial charge in [0, 0.05) is 0 Å². The molecule has 0 spiro atoms. The average Bonchev–Trinajstić information content (AvgIpc) is 2.20. The van der Waals surface area contributed by atoms with E-state index in [4.69, 9.17) is 4.43 Å². The molecule has 0 saturated carbocycles. The molecular weight excluding hydrogens is 212 g/mol. The summed E-state index contributed by atoms with van der Waals surface area (Å²) in [5, 5.41) is 0. The fourth-order valence-corrected chi connectivity index (χ4v) is 4.19. The summed E-state index contributed by atoms with van der Waals surface area (Å²) in [6, 6.07) is 0. The van der Waals surface area contributed by atoms with E-state index in [2.05, 4.69) is 53.7 Å². The zero-order chi connectivity index (χ0) is 12.6. The van der Waals surface area contributed by atoms with Crippen molar-refractivity contribution in [2.45, 2.75) is 78.0 Å². The Kier molecular flexibility index (Phi) is 8.95. The van der Waals surface area contributed by atoms with Crippen LogP contribution in [0.15, 0.2) is 12.2 Å². The highest BCUT2D eigenvalue weighted by molar-refractivity contribution is 6.55. The van der Waals surface area contributed by atoms with Crippen molar-refractivity contribution in [2.75, 3.05) is 0 Å². The lowest BCUT2D eigenvalue weighted by Crippen LogP contribution is -2.29. The van der Waals surface area contributed by atoms with Crippen molar-refractivity contribution in [1.29, 1.82) is 0 Å². The van der Waals surface area contributed by atoms with Crippen LogP contribution in [0.3, 0.4) is 0 Å². The first-order valence-corrected chi connectivity index (χ1v) is 8.25. The number of rotatable bonds is 8. The minimum absolute atomic E-state index is 0.288. The Morgan fingerprint density at radius 2 is 1.62 bits per heavy atom. The van der Waals surface area contributed by atoms with Crippen LogP contribution in [0.2, 0.25) is 11.1 Å². The summed E-state index contributed by atoms with van der Waals surface area (Å²) in [5.74, 6) is 0. The summed E-state index contributed by atoms with van der Waals surface area (Å²) in [6.45, 7) is 13.5. The highest BCUT2D eigenvalue weighted by Crippen LogP contribution is 2.22. The van der Waals surface area contributed by atoms with Gasteiger partial charge in [-0.15, -0.1) is 0 Å². The van der Waals surface area contributed by atoms with Crippen LogP contribution in [0.1, 0.15) is 60.8 Å². The number of hydrogen-bond acceptors (Lipinski definition) is 1. The third-order valence-electron chi connectivity index (χ3n) is 2.59. The van der Waals surface area contributed by atoms with E-state index in [-0.39, 0.29) is 6.10 Å². The van der Waals surface area contributed by atoms with Crippen LogP contribution in [-0.2, 0) is 4.43 Å². The van der Waals surface area contributed by atoms with Crippen molar-refractivity contribution in [1.82, 2.24) is 0 Å². The van der Waals surface area contributed by atoms with Crippen molar-refractivity contribution in [3.63, 3.8) is 0 Å². The topological polar surface area (TPSA) is 9.23 Å². The van der Waals surface area contributed by atoms with Crippen LogP contribution in [0.5, 0.6) is 0 Å². The van der Waals surface area contributed by atoms with Crippen LogP contribution in [-0.4, -0.2) is 15.1 Å². The summed E-state index contributed by atoms with van der Waals surface area (Å²) in [5.41, 5.74) is 1.38. The third kappa shape index (κ3) is 7.23. The Morgan fingerprint density at radius 1 is 1.06 bits per heavy atom. The molecule has 0 aliphatic rings.